The van der Waals surface area contributed by atoms with Crippen LogP contribution in [0.5, 0.6) is 0 Å². The van der Waals surface area contributed by atoms with E-state index in [-0.39, 0.29) is 0 Å². The molecule has 0 aliphatic carbocycles. The van der Waals surface area contributed by atoms with Crippen molar-refractivity contribution in [3.8, 4) is 0 Å². The van der Waals surface area contributed by atoms with Crippen LogP contribution in [0, 0.1) is 0 Å². The fourth-order valence-corrected chi connectivity index (χ4v) is 1.60. The van der Waals surface area contributed by atoms with Crippen LogP contribution in [0.4, 0.5) is 0 Å². The third-order valence-electron chi connectivity index (χ3n) is 2.19. The molecule has 0 atom stereocenters. The SMILES string of the molecule is C[N+](C)(CC=C(Cl)Cl)Cc1ccccc1. The third-order valence-corrected chi connectivity index (χ3v) is 2.50. The van der Waals surface area contributed by atoms with Crippen molar-refractivity contribution in [3.63, 3.8) is 0 Å². The van der Waals surface area contributed by atoms with E-state index in [0.29, 0.717) is 4.49 Å². The molecule has 0 aliphatic rings. The van der Waals surface area contributed by atoms with Gasteiger partial charge in [0.05, 0.1) is 20.6 Å². The van der Waals surface area contributed by atoms with Crippen molar-refractivity contribution in [1.29, 1.82) is 0 Å². The zero-order valence-electron chi connectivity index (χ0n) is 9.08. The number of nitrogens with zero attached hydrogens (tertiary/aromatic N) is 1. The minimum Gasteiger partial charge on any atom is -0.321 e. The predicted octanol–water partition coefficient (Wildman–Crippen LogP) is 3.58. The molecule has 0 amide bonds. The van der Waals surface area contributed by atoms with Crippen LogP contribution >= 0.6 is 23.2 Å². The number of likely N-dealkylation sites (N-methyl/N-ethyl adjacent to an activating group) is 1. The van der Waals surface area contributed by atoms with Crippen molar-refractivity contribution in [2.24, 2.45) is 0 Å². The van der Waals surface area contributed by atoms with E-state index in [1.165, 1.54) is 5.56 Å². The smallest absolute Gasteiger partial charge is 0.108 e. The van der Waals surface area contributed by atoms with Gasteiger partial charge in [-0.05, 0) is 0 Å². The van der Waals surface area contributed by atoms with Gasteiger partial charge in [-0.1, -0.05) is 53.5 Å². The van der Waals surface area contributed by atoms with E-state index in [1.54, 1.807) is 0 Å². The molecule has 0 aromatic heterocycles. The normalized spacial score (nSPS) is 11.2. The number of halogens is 2. The molecule has 1 aromatic carbocycles. The minimum absolute atomic E-state index is 0.342. The second-order valence-corrected chi connectivity index (χ2v) is 5.26. The molecule has 0 saturated carbocycles. The first-order chi connectivity index (χ1) is 6.99. The summed E-state index contributed by atoms with van der Waals surface area (Å²) in [5.41, 5.74) is 1.32. The maximum Gasteiger partial charge on any atom is 0.108 e. The highest BCUT2D eigenvalue weighted by Gasteiger charge is 2.13. The summed E-state index contributed by atoms with van der Waals surface area (Å²) in [6.07, 6.45) is 1.84. The lowest BCUT2D eigenvalue weighted by Gasteiger charge is -2.28. The molecule has 0 spiro atoms. The first-order valence-electron chi connectivity index (χ1n) is 4.87. The van der Waals surface area contributed by atoms with Gasteiger partial charge in [0.1, 0.15) is 11.0 Å². The summed E-state index contributed by atoms with van der Waals surface area (Å²) in [7, 11) is 4.31. The van der Waals surface area contributed by atoms with Gasteiger partial charge in [-0.2, -0.15) is 0 Å². The molecule has 1 rings (SSSR count). The van der Waals surface area contributed by atoms with Gasteiger partial charge >= 0.3 is 0 Å². The quantitative estimate of drug-likeness (QED) is 0.711. The molecular weight excluding hydrogens is 229 g/mol. The molecule has 1 aromatic rings. The van der Waals surface area contributed by atoms with Crippen molar-refractivity contribution < 1.29 is 4.48 Å². The van der Waals surface area contributed by atoms with E-state index in [1.807, 2.05) is 12.1 Å². The minimum atomic E-state index is 0.342. The summed E-state index contributed by atoms with van der Waals surface area (Å²) in [6, 6.07) is 10.4. The first kappa shape index (κ1) is 12.6. The molecule has 0 fully saturated rings. The highest BCUT2D eigenvalue weighted by Crippen LogP contribution is 2.12. The van der Waals surface area contributed by atoms with Crippen LogP contribution in [-0.2, 0) is 6.54 Å². The molecule has 15 heavy (non-hydrogen) atoms. The van der Waals surface area contributed by atoms with Gasteiger partial charge in [0.15, 0.2) is 0 Å². The zero-order chi connectivity index (χ0) is 11.3. The summed E-state index contributed by atoms with van der Waals surface area (Å²) in [4.78, 5) is 0. The molecule has 0 heterocycles. The van der Waals surface area contributed by atoms with Crippen LogP contribution < -0.4 is 0 Å². The summed E-state index contributed by atoms with van der Waals surface area (Å²) in [6.45, 7) is 1.80. The van der Waals surface area contributed by atoms with E-state index < -0.39 is 0 Å². The van der Waals surface area contributed by atoms with E-state index >= 15 is 0 Å². The Kier molecular flexibility index (Phi) is 4.65. The van der Waals surface area contributed by atoms with Gasteiger partial charge < -0.3 is 4.48 Å². The first-order valence-corrected chi connectivity index (χ1v) is 5.62. The molecule has 0 radical (unpaired) electrons. The Morgan fingerprint density at radius 2 is 1.80 bits per heavy atom. The number of rotatable bonds is 4. The van der Waals surface area contributed by atoms with E-state index in [9.17, 15) is 0 Å². The van der Waals surface area contributed by atoms with Gasteiger partial charge in [0.25, 0.3) is 0 Å². The molecule has 1 nitrogen and oxygen atoms in total. The summed E-state index contributed by atoms with van der Waals surface area (Å²) in [5, 5.41) is 0. The van der Waals surface area contributed by atoms with Crippen molar-refractivity contribution >= 4 is 23.2 Å². The summed E-state index contributed by atoms with van der Waals surface area (Å²) in [5.74, 6) is 0. The van der Waals surface area contributed by atoms with Gasteiger partial charge in [-0.25, -0.2) is 0 Å². The molecule has 3 heteroatoms. The zero-order valence-corrected chi connectivity index (χ0v) is 10.6. The fourth-order valence-electron chi connectivity index (χ4n) is 1.46. The number of quaternary nitrogens is 1. The average molecular weight is 245 g/mol. The fraction of sp³-hybridized carbons (Fsp3) is 0.333. The highest BCUT2D eigenvalue weighted by atomic mass is 35.5. The Morgan fingerprint density at radius 3 is 2.33 bits per heavy atom. The van der Waals surface area contributed by atoms with Crippen molar-refractivity contribution in [2.45, 2.75) is 6.54 Å². The molecule has 0 aliphatic heterocycles. The van der Waals surface area contributed by atoms with Gasteiger partial charge in [0.2, 0.25) is 0 Å². The van der Waals surface area contributed by atoms with E-state index in [0.717, 1.165) is 17.6 Å². The van der Waals surface area contributed by atoms with Crippen molar-refractivity contribution in [3.05, 3.63) is 46.5 Å². The largest absolute Gasteiger partial charge is 0.321 e. The van der Waals surface area contributed by atoms with Gasteiger partial charge in [-0.15, -0.1) is 0 Å². The maximum atomic E-state index is 5.60. The Balaban J connectivity index is 2.60. The van der Waals surface area contributed by atoms with E-state index in [2.05, 4.69) is 38.4 Å². The summed E-state index contributed by atoms with van der Waals surface area (Å²) >= 11 is 11.2. The second-order valence-electron chi connectivity index (χ2n) is 4.26. The molecule has 0 unspecified atom stereocenters. The van der Waals surface area contributed by atoms with Crippen LogP contribution in [-0.4, -0.2) is 25.1 Å². The van der Waals surface area contributed by atoms with Crippen LogP contribution in [0.1, 0.15) is 5.56 Å². The monoisotopic (exact) mass is 244 g/mol. The van der Waals surface area contributed by atoms with Gasteiger partial charge in [0, 0.05) is 11.6 Å². The Hall–Kier alpha value is -0.500. The molecule has 0 N–H and O–H groups in total. The molecule has 82 valence electrons. The van der Waals surface area contributed by atoms with E-state index in [4.69, 9.17) is 23.2 Å². The number of hydrogen-bond donors (Lipinski definition) is 0. The Bertz CT molecular complexity index is 327. The topological polar surface area (TPSA) is 0 Å². The molecular formula is C12H16Cl2N+. The lowest BCUT2D eigenvalue weighted by molar-refractivity contribution is -0.897. The summed E-state index contributed by atoms with van der Waals surface area (Å²) < 4.78 is 1.18. The Labute approximate surface area is 102 Å². The molecule has 0 bridgehead atoms. The van der Waals surface area contributed by atoms with Gasteiger partial charge in [-0.3, -0.25) is 0 Å². The number of hydrogen-bond acceptors (Lipinski definition) is 0. The standard InChI is InChI=1S/C12H16Cl2N/c1-15(2,9-8-12(13)14)10-11-6-4-3-5-7-11/h3-8H,9-10H2,1-2H3/q+1. The highest BCUT2D eigenvalue weighted by molar-refractivity contribution is 6.55. The van der Waals surface area contributed by atoms with Crippen molar-refractivity contribution in [2.75, 3.05) is 20.6 Å². The lowest BCUT2D eigenvalue weighted by atomic mass is 10.2. The maximum absolute atomic E-state index is 5.60. The lowest BCUT2D eigenvalue weighted by Crippen LogP contribution is -2.38. The third kappa shape index (κ3) is 5.22. The van der Waals surface area contributed by atoms with Crippen LogP contribution in [0.25, 0.3) is 0 Å². The van der Waals surface area contributed by atoms with Crippen molar-refractivity contribution in [1.82, 2.24) is 0 Å². The Morgan fingerprint density at radius 1 is 1.20 bits per heavy atom. The van der Waals surface area contributed by atoms with Crippen LogP contribution in [0.15, 0.2) is 40.9 Å². The van der Waals surface area contributed by atoms with Crippen LogP contribution in [0.2, 0.25) is 0 Å². The predicted molar refractivity (Wildman–Crippen MR) is 66.9 cm³/mol. The number of benzene rings is 1. The second kappa shape index (κ2) is 5.55. The van der Waals surface area contributed by atoms with Crippen LogP contribution in [0.3, 0.4) is 0 Å². The average Bonchev–Trinajstić information content (AvgIpc) is 2.16. The molecule has 0 saturated heterocycles.